The lowest BCUT2D eigenvalue weighted by atomic mass is 10.0. The SMILES string of the molecule is CCNC(=NCCCc1ccc(OC)cc1)NCCCOCC1CCOCC1.I. The summed E-state index contributed by atoms with van der Waals surface area (Å²) in [5.41, 5.74) is 1.32. The second-order valence-corrected chi connectivity index (χ2v) is 7.12. The molecule has 1 saturated heterocycles. The number of hydrogen-bond acceptors (Lipinski definition) is 4. The van der Waals surface area contributed by atoms with Gasteiger partial charge in [0.05, 0.1) is 7.11 Å². The van der Waals surface area contributed by atoms with Crippen molar-refractivity contribution in [2.45, 2.75) is 39.0 Å². The Labute approximate surface area is 193 Å². The van der Waals surface area contributed by atoms with Crippen molar-refractivity contribution >= 4 is 29.9 Å². The van der Waals surface area contributed by atoms with Crippen LogP contribution >= 0.6 is 24.0 Å². The molecule has 0 atom stereocenters. The molecule has 1 aromatic carbocycles. The molecule has 0 saturated carbocycles. The van der Waals surface area contributed by atoms with Gasteiger partial charge in [-0.1, -0.05) is 12.1 Å². The summed E-state index contributed by atoms with van der Waals surface area (Å²) in [4.78, 5) is 4.67. The molecule has 0 aromatic heterocycles. The first kappa shape index (κ1) is 26.0. The molecule has 0 unspecified atom stereocenters. The molecule has 29 heavy (non-hydrogen) atoms. The summed E-state index contributed by atoms with van der Waals surface area (Å²) in [5.74, 6) is 2.46. The molecule has 0 radical (unpaired) electrons. The minimum absolute atomic E-state index is 0. The first-order valence-electron chi connectivity index (χ1n) is 10.6. The molecule has 7 heteroatoms. The highest BCUT2D eigenvalue weighted by molar-refractivity contribution is 14.0. The molecule has 1 aromatic rings. The number of methoxy groups -OCH3 is 1. The summed E-state index contributed by atoms with van der Waals surface area (Å²) in [5, 5.41) is 6.70. The highest BCUT2D eigenvalue weighted by atomic mass is 127. The number of nitrogens with one attached hydrogen (secondary N) is 2. The zero-order valence-corrected chi connectivity index (χ0v) is 20.3. The number of halogens is 1. The highest BCUT2D eigenvalue weighted by Crippen LogP contribution is 2.14. The molecule has 0 spiro atoms. The molecule has 0 amide bonds. The van der Waals surface area contributed by atoms with Crippen LogP contribution in [0.3, 0.4) is 0 Å². The molecule has 0 aliphatic carbocycles. The van der Waals surface area contributed by atoms with Crippen molar-refractivity contribution in [2.24, 2.45) is 10.9 Å². The van der Waals surface area contributed by atoms with Gasteiger partial charge in [-0.3, -0.25) is 4.99 Å². The molecule has 166 valence electrons. The third-order valence-electron chi connectivity index (χ3n) is 4.85. The Hall–Kier alpha value is -1.06. The summed E-state index contributed by atoms with van der Waals surface area (Å²) in [6.45, 7) is 8.06. The van der Waals surface area contributed by atoms with E-state index in [2.05, 4.69) is 34.7 Å². The topological polar surface area (TPSA) is 64.1 Å². The Bertz CT molecular complexity index is 549. The largest absolute Gasteiger partial charge is 0.497 e. The molecule has 1 heterocycles. The van der Waals surface area contributed by atoms with Gasteiger partial charge >= 0.3 is 0 Å². The van der Waals surface area contributed by atoms with Gasteiger partial charge in [0.2, 0.25) is 0 Å². The van der Waals surface area contributed by atoms with E-state index in [1.807, 2.05) is 12.1 Å². The number of aliphatic imine (C=N–C) groups is 1. The first-order chi connectivity index (χ1) is 13.8. The zero-order chi connectivity index (χ0) is 19.9. The van der Waals surface area contributed by atoms with Gasteiger partial charge in [0.15, 0.2) is 5.96 Å². The van der Waals surface area contributed by atoms with Crippen LogP contribution in [0.5, 0.6) is 5.75 Å². The second kappa shape index (κ2) is 16.7. The van der Waals surface area contributed by atoms with Crippen molar-refractivity contribution in [2.75, 3.05) is 53.2 Å². The molecule has 6 nitrogen and oxygen atoms in total. The summed E-state index contributed by atoms with van der Waals surface area (Å²) >= 11 is 0. The third-order valence-corrected chi connectivity index (χ3v) is 4.85. The normalized spacial score (nSPS) is 14.9. The predicted octanol–water partition coefficient (Wildman–Crippen LogP) is 3.63. The average molecular weight is 519 g/mol. The Morgan fingerprint density at radius 1 is 1.14 bits per heavy atom. The van der Waals surface area contributed by atoms with Crippen LogP contribution in [0.1, 0.15) is 38.2 Å². The van der Waals surface area contributed by atoms with Crippen LogP contribution in [0.2, 0.25) is 0 Å². The monoisotopic (exact) mass is 519 g/mol. The van der Waals surface area contributed by atoms with Crippen LogP contribution in [0.4, 0.5) is 0 Å². The molecule has 0 bridgehead atoms. The first-order valence-corrected chi connectivity index (χ1v) is 10.6. The number of aryl methyl sites for hydroxylation is 1. The van der Waals surface area contributed by atoms with E-state index >= 15 is 0 Å². The van der Waals surface area contributed by atoms with Gasteiger partial charge < -0.3 is 24.8 Å². The third kappa shape index (κ3) is 11.6. The van der Waals surface area contributed by atoms with E-state index in [0.29, 0.717) is 5.92 Å². The number of guanidine groups is 1. The van der Waals surface area contributed by atoms with Crippen molar-refractivity contribution in [3.8, 4) is 5.75 Å². The van der Waals surface area contributed by atoms with E-state index in [1.54, 1.807) is 7.11 Å². The fourth-order valence-electron chi connectivity index (χ4n) is 3.15. The van der Waals surface area contributed by atoms with Gasteiger partial charge in [-0.05, 0) is 62.6 Å². The Morgan fingerprint density at radius 2 is 1.90 bits per heavy atom. The molecular weight excluding hydrogens is 481 g/mol. The summed E-state index contributed by atoms with van der Waals surface area (Å²) in [6, 6.07) is 8.25. The van der Waals surface area contributed by atoms with Crippen molar-refractivity contribution in [3.05, 3.63) is 29.8 Å². The van der Waals surface area contributed by atoms with E-state index in [4.69, 9.17) is 14.2 Å². The Morgan fingerprint density at radius 3 is 2.59 bits per heavy atom. The number of ether oxygens (including phenoxy) is 3. The van der Waals surface area contributed by atoms with Gasteiger partial charge in [-0.2, -0.15) is 0 Å². The predicted molar refractivity (Wildman–Crippen MR) is 130 cm³/mol. The Balaban J connectivity index is 0.00000420. The smallest absolute Gasteiger partial charge is 0.191 e. The maximum Gasteiger partial charge on any atom is 0.191 e. The molecular formula is C22H38IN3O3. The lowest BCUT2D eigenvalue weighted by Gasteiger charge is -2.21. The van der Waals surface area contributed by atoms with E-state index < -0.39 is 0 Å². The molecule has 2 rings (SSSR count). The van der Waals surface area contributed by atoms with Crippen LogP contribution in [0.25, 0.3) is 0 Å². The molecule has 1 aliphatic heterocycles. The van der Waals surface area contributed by atoms with Gasteiger partial charge in [0, 0.05) is 46.1 Å². The van der Waals surface area contributed by atoms with Gasteiger partial charge in [-0.15, -0.1) is 24.0 Å². The summed E-state index contributed by atoms with van der Waals surface area (Å²) in [7, 11) is 1.69. The van der Waals surface area contributed by atoms with E-state index in [9.17, 15) is 0 Å². The highest BCUT2D eigenvalue weighted by Gasteiger charge is 2.13. The summed E-state index contributed by atoms with van der Waals surface area (Å²) in [6.07, 6.45) is 5.29. The van der Waals surface area contributed by atoms with Crippen LogP contribution in [-0.4, -0.2) is 59.1 Å². The number of nitrogens with zero attached hydrogens (tertiary/aromatic N) is 1. The second-order valence-electron chi connectivity index (χ2n) is 7.12. The number of hydrogen-bond donors (Lipinski definition) is 2. The van der Waals surface area contributed by atoms with E-state index in [1.165, 1.54) is 5.56 Å². The maximum atomic E-state index is 5.81. The van der Waals surface area contributed by atoms with Crippen molar-refractivity contribution < 1.29 is 14.2 Å². The fraction of sp³-hybridized carbons (Fsp3) is 0.682. The maximum absolute atomic E-state index is 5.81. The lowest BCUT2D eigenvalue weighted by molar-refractivity contribution is 0.0203. The van der Waals surface area contributed by atoms with Crippen LogP contribution in [-0.2, 0) is 15.9 Å². The lowest BCUT2D eigenvalue weighted by Crippen LogP contribution is -2.38. The summed E-state index contributed by atoms with van der Waals surface area (Å²) < 4.78 is 16.4. The van der Waals surface area contributed by atoms with Crippen LogP contribution in [0.15, 0.2) is 29.3 Å². The van der Waals surface area contributed by atoms with E-state index in [0.717, 1.165) is 89.9 Å². The molecule has 1 fully saturated rings. The Kier molecular flexibility index (Phi) is 15.0. The molecule has 2 N–H and O–H groups in total. The number of benzene rings is 1. The van der Waals surface area contributed by atoms with Crippen LogP contribution in [0, 0.1) is 5.92 Å². The minimum Gasteiger partial charge on any atom is -0.497 e. The quantitative estimate of drug-likeness (QED) is 0.191. The minimum atomic E-state index is 0. The van der Waals surface area contributed by atoms with Gasteiger partial charge in [-0.25, -0.2) is 0 Å². The van der Waals surface area contributed by atoms with E-state index in [-0.39, 0.29) is 24.0 Å². The fourth-order valence-corrected chi connectivity index (χ4v) is 3.15. The van der Waals surface area contributed by atoms with Gasteiger partial charge in [0.1, 0.15) is 5.75 Å². The standard InChI is InChI=1S/C22H37N3O3.HI/c1-3-23-22(24-13-4-6-19-7-9-21(26-2)10-8-19)25-14-5-15-28-18-20-11-16-27-17-12-20;/h7-10,20H,3-6,11-18H2,1-2H3,(H2,23,24,25);1H. The molecule has 1 aliphatic rings. The van der Waals surface area contributed by atoms with Crippen LogP contribution < -0.4 is 15.4 Å². The van der Waals surface area contributed by atoms with Crippen molar-refractivity contribution in [1.82, 2.24) is 10.6 Å². The van der Waals surface area contributed by atoms with Crippen molar-refractivity contribution in [3.63, 3.8) is 0 Å². The van der Waals surface area contributed by atoms with Crippen molar-refractivity contribution in [1.29, 1.82) is 0 Å². The zero-order valence-electron chi connectivity index (χ0n) is 18.0. The van der Waals surface area contributed by atoms with Gasteiger partial charge in [0.25, 0.3) is 0 Å². The number of rotatable bonds is 12. The average Bonchev–Trinajstić information content (AvgIpc) is 2.74.